The largest absolute Gasteiger partial charge is 0.392 e. The summed E-state index contributed by atoms with van der Waals surface area (Å²) in [5.74, 6) is -0.727. The van der Waals surface area contributed by atoms with E-state index in [-0.39, 0.29) is 11.6 Å². The number of aliphatic hydroxyl groups excluding tert-OH is 1. The lowest BCUT2D eigenvalue weighted by Crippen LogP contribution is -2.53. The maximum absolute atomic E-state index is 15.0. The molecule has 2 bridgehead atoms. The van der Waals surface area contributed by atoms with Gasteiger partial charge in [-0.25, -0.2) is 4.39 Å². The number of fused-ring (bicyclic) bond motifs is 2. The lowest BCUT2D eigenvalue weighted by molar-refractivity contribution is -0.137. The van der Waals surface area contributed by atoms with Crippen LogP contribution in [0.15, 0.2) is 30.3 Å². The molecule has 2 N–H and O–H groups in total. The zero-order valence-corrected chi connectivity index (χ0v) is 12.8. The van der Waals surface area contributed by atoms with Crippen LogP contribution in [-0.4, -0.2) is 47.7 Å². The molecule has 0 aliphatic carbocycles. The van der Waals surface area contributed by atoms with Gasteiger partial charge in [-0.1, -0.05) is 30.3 Å². The molecule has 4 nitrogen and oxygen atoms in total. The van der Waals surface area contributed by atoms with E-state index < -0.39 is 18.2 Å². The van der Waals surface area contributed by atoms with Crippen molar-refractivity contribution in [2.45, 2.75) is 49.5 Å². The van der Waals surface area contributed by atoms with Crippen molar-refractivity contribution < 1.29 is 14.3 Å². The molecule has 1 aromatic rings. The fourth-order valence-corrected chi connectivity index (χ4v) is 3.83. The van der Waals surface area contributed by atoms with Crippen LogP contribution in [0.1, 0.15) is 31.2 Å². The molecule has 2 saturated heterocycles. The van der Waals surface area contributed by atoms with Crippen LogP contribution in [0.4, 0.5) is 4.39 Å². The predicted molar refractivity (Wildman–Crippen MR) is 82.1 cm³/mol. The fourth-order valence-electron chi connectivity index (χ4n) is 3.83. The highest BCUT2D eigenvalue weighted by molar-refractivity contribution is 5.86. The summed E-state index contributed by atoms with van der Waals surface area (Å²) in [6, 6.07) is 9.11. The van der Waals surface area contributed by atoms with Crippen LogP contribution in [0.25, 0.3) is 0 Å². The van der Waals surface area contributed by atoms with Crippen LogP contribution in [0.5, 0.6) is 0 Å². The van der Waals surface area contributed by atoms with Gasteiger partial charge in [0.2, 0.25) is 5.67 Å². The smallest absolute Gasteiger partial charge is 0.265 e. The number of hydrogen-bond donors (Lipinski definition) is 2. The summed E-state index contributed by atoms with van der Waals surface area (Å²) < 4.78 is 15.0. The summed E-state index contributed by atoms with van der Waals surface area (Å²) in [7, 11) is 2.12. The number of rotatable bonds is 4. The van der Waals surface area contributed by atoms with E-state index in [4.69, 9.17) is 0 Å². The number of benzene rings is 1. The molecule has 0 spiro atoms. The maximum atomic E-state index is 15.0. The zero-order chi connectivity index (χ0) is 15.7. The summed E-state index contributed by atoms with van der Waals surface area (Å²) >= 11 is 0. The molecular weight excluding hydrogens is 283 g/mol. The van der Waals surface area contributed by atoms with Gasteiger partial charge in [-0.2, -0.15) is 0 Å². The Morgan fingerprint density at radius 1 is 1.32 bits per heavy atom. The Hall–Kier alpha value is -1.46. The fraction of sp³-hybridized carbons (Fsp3) is 0.588. The van der Waals surface area contributed by atoms with Gasteiger partial charge in [0.15, 0.2) is 0 Å². The zero-order valence-electron chi connectivity index (χ0n) is 12.8. The van der Waals surface area contributed by atoms with Crippen molar-refractivity contribution in [2.75, 3.05) is 13.7 Å². The Bertz CT molecular complexity index is 525. The van der Waals surface area contributed by atoms with Crippen molar-refractivity contribution in [2.24, 2.45) is 0 Å². The Morgan fingerprint density at radius 2 is 1.91 bits per heavy atom. The Labute approximate surface area is 130 Å². The second kappa shape index (κ2) is 5.97. The molecule has 22 heavy (non-hydrogen) atoms. The molecule has 2 fully saturated rings. The standard InChI is InChI=1S/C17H23FN2O2/c1-20-14-7-8-15(20)10-13(9-14)19-16(22)17(18,11-21)12-5-3-2-4-6-12/h2-6,13-15,21H,7-11H2,1H3,(H,19,22). The third kappa shape index (κ3) is 2.63. The normalized spacial score (nSPS) is 30.8. The lowest BCUT2D eigenvalue weighted by atomic mass is 9.93. The minimum absolute atomic E-state index is 0.00779. The molecule has 120 valence electrons. The van der Waals surface area contributed by atoms with E-state index in [0.29, 0.717) is 12.1 Å². The summed E-state index contributed by atoms with van der Waals surface area (Å²) in [4.78, 5) is 14.8. The highest BCUT2D eigenvalue weighted by Gasteiger charge is 2.44. The highest BCUT2D eigenvalue weighted by Crippen LogP contribution is 2.35. The topological polar surface area (TPSA) is 52.6 Å². The number of carbonyl (C=O) groups excluding carboxylic acids is 1. The number of amides is 1. The number of piperidine rings is 1. The minimum Gasteiger partial charge on any atom is -0.392 e. The van der Waals surface area contributed by atoms with Gasteiger partial charge in [-0.15, -0.1) is 0 Å². The molecule has 1 aromatic carbocycles. The second-order valence-corrected chi connectivity index (χ2v) is 6.52. The van der Waals surface area contributed by atoms with E-state index in [0.717, 1.165) is 25.7 Å². The van der Waals surface area contributed by atoms with Gasteiger partial charge in [0, 0.05) is 23.7 Å². The van der Waals surface area contributed by atoms with Gasteiger partial charge >= 0.3 is 0 Å². The van der Waals surface area contributed by atoms with E-state index >= 15 is 4.39 Å². The molecule has 5 heteroatoms. The first kappa shape index (κ1) is 15.4. The molecule has 0 aromatic heterocycles. The Balaban J connectivity index is 1.71. The molecular formula is C17H23FN2O2. The number of nitrogens with one attached hydrogen (secondary N) is 1. The molecule has 2 aliphatic heterocycles. The first-order chi connectivity index (χ1) is 10.5. The lowest BCUT2D eigenvalue weighted by Gasteiger charge is -2.37. The quantitative estimate of drug-likeness (QED) is 0.888. The summed E-state index contributed by atoms with van der Waals surface area (Å²) in [6.07, 6.45) is 4.00. The Morgan fingerprint density at radius 3 is 2.45 bits per heavy atom. The number of halogens is 1. The van der Waals surface area contributed by atoms with Crippen molar-refractivity contribution in [3.05, 3.63) is 35.9 Å². The van der Waals surface area contributed by atoms with E-state index in [1.807, 2.05) is 0 Å². The van der Waals surface area contributed by atoms with Crippen LogP contribution in [0.2, 0.25) is 0 Å². The molecule has 3 unspecified atom stereocenters. The number of aliphatic hydroxyl groups is 1. The van der Waals surface area contributed by atoms with Crippen LogP contribution < -0.4 is 5.32 Å². The average Bonchev–Trinajstić information content (AvgIpc) is 2.76. The third-order valence-corrected chi connectivity index (χ3v) is 5.24. The molecule has 2 aliphatic rings. The molecule has 3 rings (SSSR count). The van der Waals surface area contributed by atoms with Gasteiger partial charge in [-0.3, -0.25) is 4.79 Å². The molecule has 1 amide bonds. The SMILES string of the molecule is CN1C2CCC1CC(NC(=O)C(F)(CO)c1ccccc1)C2. The van der Waals surface area contributed by atoms with E-state index in [1.165, 1.54) is 12.1 Å². The van der Waals surface area contributed by atoms with Gasteiger partial charge in [0.05, 0.1) is 6.61 Å². The summed E-state index contributed by atoms with van der Waals surface area (Å²) in [5, 5.41) is 12.3. The van der Waals surface area contributed by atoms with E-state index in [1.54, 1.807) is 18.2 Å². The predicted octanol–water partition coefficient (Wildman–Crippen LogP) is 1.59. The van der Waals surface area contributed by atoms with Crippen LogP contribution in [0.3, 0.4) is 0 Å². The van der Waals surface area contributed by atoms with Crippen molar-refractivity contribution >= 4 is 5.91 Å². The van der Waals surface area contributed by atoms with Gasteiger partial charge in [0.25, 0.3) is 5.91 Å². The maximum Gasteiger partial charge on any atom is 0.265 e. The highest BCUT2D eigenvalue weighted by atomic mass is 19.1. The number of alkyl halides is 1. The van der Waals surface area contributed by atoms with Crippen molar-refractivity contribution in [1.82, 2.24) is 10.2 Å². The van der Waals surface area contributed by atoms with E-state index in [9.17, 15) is 9.90 Å². The van der Waals surface area contributed by atoms with Gasteiger partial charge in [-0.05, 0) is 32.7 Å². The molecule has 0 radical (unpaired) electrons. The molecule has 0 saturated carbocycles. The number of carbonyl (C=O) groups is 1. The van der Waals surface area contributed by atoms with Crippen LogP contribution in [-0.2, 0) is 10.5 Å². The first-order valence-electron chi connectivity index (χ1n) is 7.93. The van der Waals surface area contributed by atoms with Crippen molar-refractivity contribution in [1.29, 1.82) is 0 Å². The van der Waals surface area contributed by atoms with Gasteiger partial charge in [0.1, 0.15) is 0 Å². The summed E-state index contributed by atoms with van der Waals surface area (Å²) in [6.45, 7) is -0.845. The second-order valence-electron chi connectivity index (χ2n) is 6.52. The number of hydrogen-bond acceptors (Lipinski definition) is 3. The molecule has 3 atom stereocenters. The number of nitrogens with zero attached hydrogens (tertiary/aromatic N) is 1. The van der Waals surface area contributed by atoms with Crippen LogP contribution >= 0.6 is 0 Å². The summed E-state index contributed by atoms with van der Waals surface area (Å²) in [5.41, 5.74) is -2.17. The minimum atomic E-state index is -2.37. The van der Waals surface area contributed by atoms with Crippen LogP contribution in [0, 0.1) is 0 Å². The van der Waals surface area contributed by atoms with Crippen molar-refractivity contribution in [3.63, 3.8) is 0 Å². The Kier molecular flexibility index (Phi) is 4.19. The average molecular weight is 306 g/mol. The molecule has 2 heterocycles. The monoisotopic (exact) mass is 306 g/mol. The first-order valence-corrected chi connectivity index (χ1v) is 7.93. The van der Waals surface area contributed by atoms with E-state index in [2.05, 4.69) is 17.3 Å². The third-order valence-electron chi connectivity index (χ3n) is 5.24. The van der Waals surface area contributed by atoms with Crippen molar-refractivity contribution in [3.8, 4) is 0 Å². The van der Waals surface area contributed by atoms with Gasteiger partial charge < -0.3 is 15.3 Å².